The zero-order valence-electron chi connectivity index (χ0n) is 15.6. The third kappa shape index (κ3) is 7.63. The van der Waals surface area contributed by atoms with Crippen LogP contribution in [0.2, 0.25) is 0 Å². The third-order valence-electron chi connectivity index (χ3n) is 5.59. The molecule has 0 aromatic heterocycles. The Morgan fingerprint density at radius 3 is 2.36 bits per heavy atom. The van der Waals surface area contributed by atoms with Crippen LogP contribution in [0.15, 0.2) is 0 Å². The maximum absolute atomic E-state index is 12.2. The smallest absolute Gasteiger partial charge is 0.315 e. The number of nitrogens with two attached hydrogens (primary N) is 1. The first-order chi connectivity index (χ1) is 12.2. The van der Waals surface area contributed by atoms with E-state index in [-0.39, 0.29) is 11.9 Å². The molecule has 1 heterocycles. The summed E-state index contributed by atoms with van der Waals surface area (Å²) in [6.07, 6.45) is 11.5. The summed E-state index contributed by atoms with van der Waals surface area (Å²) >= 11 is 0. The van der Waals surface area contributed by atoms with Crippen LogP contribution in [0, 0.1) is 5.92 Å². The fourth-order valence-corrected chi connectivity index (χ4v) is 3.84. The highest BCUT2D eigenvalue weighted by molar-refractivity contribution is 5.76. The van der Waals surface area contributed by atoms with Crippen molar-refractivity contribution in [1.82, 2.24) is 15.5 Å². The highest BCUT2D eigenvalue weighted by atomic mass is 16.2. The molecule has 2 rings (SSSR count). The monoisotopic (exact) mass is 352 g/mol. The summed E-state index contributed by atoms with van der Waals surface area (Å²) in [5.74, 6) is 0.869. The minimum Gasteiger partial charge on any atom is -0.343 e. The maximum Gasteiger partial charge on any atom is 0.315 e. The minimum atomic E-state index is -0.0363. The Labute approximate surface area is 152 Å². The summed E-state index contributed by atoms with van der Waals surface area (Å²) in [6.45, 7) is 3.16. The first-order valence-electron chi connectivity index (χ1n) is 10.2. The van der Waals surface area contributed by atoms with Crippen molar-refractivity contribution in [3.05, 3.63) is 0 Å². The van der Waals surface area contributed by atoms with Gasteiger partial charge in [0, 0.05) is 32.1 Å². The number of amides is 3. The lowest BCUT2D eigenvalue weighted by atomic mass is 9.96. The number of hydrogen-bond acceptors (Lipinski definition) is 3. The Morgan fingerprint density at radius 1 is 0.960 bits per heavy atom. The molecule has 4 N–H and O–H groups in total. The maximum atomic E-state index is 12.2. The van der Waals surface area contributed by atoms with Crippen molar-refractivity contribution in [1.29, 1.82) is 0 Å². The molecule has 1 aliphatic carbocycles. The SMILES string of the molecule is NCC1CCN(C(=O)CCCCCNC(=O)NC2CCCCC2)CC1. The van der Waals surface area contributed by atoms with E-state index in [0.29, 0.717) is 24.9 Å². The van der Waals surface area contributed by atoms with Gasteiger partial charge < -0.3 is 21.3 Å². The number of unbranched alkanes of at least 4 members (excludes halogenated alkanes) is 2. The van der Waals surface area contributed by atoms with E-state index < -0.39 is 0 Å². The molecule has 2 fully saturated rings. The van der Waals surface area contributed by atoms with Gasteiger partial charge in [0.1, 0.15) is 0 Å². The molecular formula is C19H36N4O2. The van der Waals surface area contributed by atoms with Crippen molar-refractivity contribution in [2.24, 2.45) is 11.7 Å². The molecule has 0 bridgehead atoms. The Morgan fingerprint density at radius 2 is 1.68 bits per heavy atom. The van der Waals surface area contributed by atoms with E-state index in [9.17, 15) is 9.59 Å². The molecule has 6 heteroatoms. The quantitative estimate of drug-likeness (QED) is 0.586. The second-order valence-electron chi connectivity index (χ2n) is 7.61. The van der Waals surface area contributed by atoms with E-state index in [1.54, 1.807) is 0 Å². The summed E-state index contributed by atoms with van der Waals surface area (Å²) in [7, 11) is 0. The molecule has 0 unspecified atom stereocenters. The Hall–Kier alpha value is -1.30. The number of carbonyl (C=O) groups excluding carboxylic acids is 2. The van der Waals surface area contributed by atoms with E-state index in [2.05, 4.69) is 10.6 Å². The predicted octanol–water partition coefficient (Wildman–Crippen LogP) is 2.38. The van der Waals surface area contributed by atoms with Gasteiger partial charge in [0.2, 0.25) is 5.91 Å². The lowest BCUT2D eigenvalue weighted by Crippen LogP contribution is -2.43. The van der Waals surface area contributed by atoms with Gasteiger partial charge in [-0.1, -0.05) is 25.7 Å². The molecule has 0 atom stereocenters. The van der Waals surface area contributed by atoms with E-state index in [0.717, 1.165) is 64.6 Å². The van der Waals surface area contributed by atoms with Gasteiger partial charge in [0.05, 0.1) is 0 Å². The number of hydrogen-bond donors (Lipinski definition) is 3. The zero-order chi connectivity index (χ0) is 17.9. The molecule has 6 nitrogen and oxygen atoms in total. The van der Waals surface area contributed by atoms with Crippen molar-refractivity contribution in [3.63, 3.8) is 0 Å². The van der Waals surface area contributed by atoms with Crippen LogP contribution in [0.25, 0.3) is 0 Å². The molecule has 0 radical (unpaired) electrons. The number of carbonyl (C=O) groups is 2. The van der Waals surface area contributed by atoms with Gasteiger partial charge in [-0.15, -0.1) is 0 Å². The topological polar surface area (TPSA) is 87.5 Å². The summed E-state index contributed by atoms with van der Waals surface area (Å²) in [5.41, 5.74) is 5.69. The number of nitrogens with zero attached hydrogens (tertiary/aromatic N) is 1. The number of urea groups is 1. The number of rotatable bonds is 8. The Balaban J connectivity index is 1.45. The van der Waals surface area contributed by atoms with Crippen LogP contribution in [0.1, 0.15) is 70.6 Å². The van der Waals surface area contributed by atoms with Crippen LogP contribution < -0.4 is 16.4 Å². The van der Waals surface area contributed by atoms with Gasteiger partial charge in [-0.3, -0.25) is 4.79 Å². The summed E-state index contributed by atoms with van der Waals surface area (Å²) in [5, 5.41) is 6.00. The largest absolute Gasteiger partial charge is 0.343 e. The second kappa shape index (κ2) is 11.3. The normalized spacial score (nSPS) is 19.6. The highest BCUT2D eigenvalue weighted by Crippen LogP contribution is 2.18. The molecular weight excluding hydrogens is 316 g/mol. The third-order valence-corrected chi connectivity index (χ3v) is 5.59. The van der Waals surface area contributed by atoms with Gasteiger partial charge in [-0.05, 0) is 51.0 Å². The minimum absolute atomic E-state index is 0.0363. The van der Waals surface area contributed by atoms with Crippen LogP contribution in [0.5, 0.6) is 0 Å². The van der Waals surface area contributed by atoms with Gasteiger partial charge in [-0.2, -0.15) is 0 Å². The molecule has 3 amide bonds. The Kier molecular flexibility index (Phi) is 9.08. The fourth-order valence-electron chi connectivity index (χ4n) is 3.84. The molecule has 1 aliphatic heterocycles. The van der Waals surface area contributed by atoms with Crippen molar-refractivity contribution >= 4 is 11.9 Å². The van der Waals surface area contributed by atoms with Crippen LogP contribution >= 0.6 is 0 Å². The average Bonchev–Trinajstić information content (AvgIpc) is 2.65. The van der Waals surface area contributed by atoms with Gasteiger partial charge in [0.15, 0.2) is 0 Å². The van der Waals surface area contributed by atoms with Crippen LogP contribution in [-0.4, -0.2) is 49.1 Å². The molecule has 25 heavy (non-hydrogen) atoms. The van der Waals surface area contributed by atoms with E-state index in [1.807, 2.05) is 4.90 Å². The molecule has 1 saturated heterocycles. The summed E-state index contributed by atoms with van der Waals surface area (Å²) < 4.78 is 0. The molecule has 144 valence electrons. The Bertz CT molecular complexity index is 402. The predicted molar refractivity (Wildman–Crippen MR) is 100 cm³/mol. The highest BCUT2D eigenvalue weighted by Gasteiger charge is 2.21. The van der Waals surface area contributed by atoms with Gasteiger partial charge in [0.25, 0.3) is 0 Å². The van der Waals surface area contributed by atoms with Crippen LogP contribution in [0.4, 0.5) is 4.79 Å². The number of piperidine rings is 1. The van der Waals surface area contributed by atoms with E-state index >= 15 is 0 Å². The van der Waals surface area contributed by atoms with Gasteiger partial charge >= 0.3 is 6.03 Å². The first-order valence-corrected chi connectivity index (χ1v) is 10.2. The first kappa shape index (κ1) is 20.0. The van der Waals surface area contributed by atoms with Crippen molar-refractivity contribution in [2.45, 2.75) is 76.7 Å². The molecule has 0 spiro atoms. The van der Waals surface area contributed by atoms with Crippen molar-refractivity contribution < 1.29 is 9.59 Å². The lowest BCUT2D eigenvalue weighted by molar-refractivity contribution is -0.132. The van der Waals surface area contributed by atoms with Crippen molar-refractivity contribution in [3.8, 4) is 0 Å². The molecule has 0 aromatic carbocycles. The zero-order valence-corrected chi connectivity index (χ0v) is 15.6. The number of likely N-dealkylation sites (tertiary alicyclic amines) is 1. The van der Waals surface area contributed by atoms with Gasteiger partial charge in [-0.25, -0.2) is 4.79 Å². The van der Waals surface area contributed by atoms with Crippen LogP contribution in [-0.2, 0) is 4.79 Å². The second-order valence-corrected chi connectivity index (χ2v) is 7.61. The van der Waals surface area contributed by atoms with E-state index in [1.165, 1.54) is 19.3 Å². The van der Waals surface area contributed by atoms with E-state index in [4.69, 9.17) is 5.73 Å². The number of nitrogens with one attached hydrogen (secondary N) is 2. The summed E-state index contributed by atoms with van der Waals surface area (Å²) in [6, 6.07) is 0.320. The fraction of sp³-hybridized carbons (Fsp3) is 0.895. The van der Waals surface area contributed by atoms with Crippen LogP contribution in [0.3, 0.4) is 0 Å². The summed E-state index contributed by atoms with van der Waals surface area (Å²) in [4.78, 5) is 26.0. The molecule has 1 saturated carbocycles. The molecule has 0 aromatic rings. The lowest BCUT2D eigenvalue weighted by Gasteiger charge is -2.31. The standard InChI is InChI=1S/C19H36N4O2/c20-15-16-10-13-23(14-11-16)18(24)9-5-2-6-12-21-19(25)22-17-7-3-1-4-8-17/h16-17H,1-15,20H2,(H2,21,22,25). The average molecular weight is 353 g/mol. The molecule has 2 aliphatic rings. The van der Waals surface area contributed by atoms with Crippen molar-refractivity contribution in [2.75, 3.05) is 26.2 Å².